The molecule has 3 rings (SSSR count). The minimum absolute atomic E-state index is 0.199. The monoisotopic (exact) mass is 522 g/mol. The first kappa shape index (κ1) is 27.8. The van der Waals surface area contributed by atoms with E-state index in [1.165, 1.54) is 0 Å². The van der Waals surface area contributed by atoms with E-state index in [9.17, 15) is 13.2 Å². The Morgan fingerprint density at radius 3 is 2.28 bits per heavy atom. The van der Waals surface area contributed by atoms with Crippen molar-refractivity contribution in [3.63, 3.8) is 0 Å². The van der Waals surface area contributed by atoms with Gasteiger partial charge < -0.3 is 19.1 Å². The van der Waals surface area contributed by atoms with Crippen molar-refractivity contribution in [2.75, 3.05) is 38.8 Å². The summed E-state index contributed by atoms with van der Waals surface area (Å²) in [7, 11) is -0.809. The van der Waals surface area contributed by atoms with Crippen molar-refractivity contribution < 1.29 is 27.4 Å². The summed E-state index contributed by atoms with van der Waals surface area (Å²) < 4.78 is 45.1. The highest BCUT2D eigenvalue weighted by molar-refractivity contribution is 7.88. The maximum Gasteiger partial charge on any atom is 0.422 e. The summed E-state index contributed by atoms with van der Waals surface area (Å²) in [4.78, 5) is 18.7. The fourth-order valence-corrected chi connectivity index (χ4v) is 5.40. The van der Waals surface area contributed by atoms with Gasteiger partial charge in [0.1, 0.15) is 5.60 Å². The summed E-state index contributed by atoms with van der Waals surface area (Å²) in [6.45, 7) is 10.9. The minimum atomic E-state index is -4.03. The molecule has 0 atom stereocenters. The molecule has 36 heavy (non-hydrogen) atoms. The van der Waals surface area contributed by atoms with Crippen LogP contribution in [0.5, 0.6) is 11.5 Å². The van der Waals surface area contributed by atoms with Gasteiger partial charge in [0.2, 0.25) is 0 Å². The molecule has 0 spiro atoms. The standard InChI is InChI=1S/C25H38N4O6S/c1-24(2,3)35-23(30)28-36(31,32)27-16-25(4,5)17-9-12-29(13-10-17)20-8-11-26-19-15-22(34-7)21(33-6)14-18(19)20/h8,11,14-15,17,27H,9-10,12-13,16H2,1-7H3,(H,28,30). The number of piperidine rings is 1. The first-order chi connectivity index (χ1) is 16.7. The summed E-state index contributed by atoms with van der Waals surface area (Å²) in [5.74, 6) is 1.59. The van der Waals surface area contributed by atoms with Gasteiger partial charge in [0.05, 0.1) is 19.7 Å². The lowest BCUT2D eigenvalue weighted by Crippen LogP contribution is -2.48. The SMILES string of the molecule is COc1cc2nccc(N3CCC(C(C)(C)CNS(=O)(=O)NC(=O)OC(C)(C)C)CC3)c2cc1OC. The first-order valence-corrected chi connectivity index (χ1v) is 13.5. The molecule has 0 saturated carbocycles. The van der Waals surface area contributed by atoms with Gasteiger partial charge >= 0.3 is 16.3 Å². The maximum atomic E-state index is 12.4. The zero-order chi connectivity index (χ0) is 26.7. The molecule has 1 saturated heterocycles. The summed E-state index contributed by atoms with van der Waals surface area (Å²) in [6.07, 6.45) is 2.59. The molecule has 1 amide bonds. The quantitative estimate of drug-likeness (QED) is 0.537. The lowest BCUT2D eigenvalue weighted by molar-refractivity contribution is 0.0569. The Hall–Kier alpha value is -2.79. The van der Waals surface area contributed by atoms with E-state index in [0.29, 0.717) is 17.4 Å². The second-order valence-electron chi connectivity index (χ2n) is 10.7. The molecule has 1 aromatic heterocycles. The van der Waals surface area contributed by atoms with Crippen molar-refractivity contribution in [2.45, 2.75) is 53.1 Å². The van der Waals surface area contributed by atoms with E-state index in [-0.39, 0.29) is 12.0 Å². The molecule has 1 aliphatic rings. The molecule has 2 N–H and O–H groups in total. The summed E-state index contributed by atoms with van der Waals surface area (Å²) in [5.41, 5.74) is 0.814. The number of ether oxygens (including phenoxy) is 3. The number of aromatic nitrogens is 1. The molecule has 0 aliphatic carbocycles. The van der Waals surface area contributed by atoms with Crippen molar-refractivity contribution in [2.24, 2.45) is 11.3 Å². The van der Waals surface area contributed by atoms with Crippen LogP contribution in [0, 0.1) is 11.3 Å². The number of fused-ring (bicyclic) bond motifs is 1. The fourth-order valence-electron chi connectivity index (χ4n) is 4.51. The van der Waals surface area contributed by atoms with Crippen molar-refractivity contribution in [1.29, 1.82) is 0 Å². The fraction of sp³-hybridized carbons (Fsp3) is 0.600. The number of nitrogens with zero attached hydrogens (tertiary/aromatic N) is 2. The number of carbonyl (C=O) groups excluding carboxylic acids is 1. The predicted octanol–water partition coefficient (Wildman–Crippen LogP) is 3.85. The van der Waals surface area contributed by atoms with E-state index in [4.69, 9.17) is 14.2 Å². The number of nitrogens with one attached hydrogen (secondary N) is 2. The molecule has 1 aromatic carbocycles. The normalized spacial score (nSPS) is 15.6. The minimum Gasteiger partial charge on any atom is -0.493 e. The average molecular weight is 523 g/mol. The zero-order valence-electron chi connectivity index (χ0n) is 22.2. The van der Waals surface area contributed by atoms with E-state index in [1.807, 2.05) is 36.8 Å². The Kier molecular flexibility index (Phi) is 8.24. The molecule has 1 aliphatic heterocycles. The van der Waals surface area contributed by atoms with E-state index < -0.39 is 21.9 Å². The molecule has 2 heterocycles. The number of hydrogen-bond donors (Lipinski definition) is 2. The molecule has 0 radical (unpaired) electrons. The van der Waals surface area contributed by atoms with E-state index >= 15 is 0 Å². The number of rotatable bonds is 8. The third-order valence-electron chi connectivity index (χ3n) is 6.50. The number of anilines is 1. The van der Waals surface area contributed by atoms with Gasteiger partial charge in [0.25, 0.3) is 0 Å². The van der Waals surface area contributed by atoms with Gasteiger partial charge in [-0.2, -0.15) is 13.1 Å². The molecule has 0 bridgehead atoms. The molecule has 11 heteroatoms. The van der Waals surface area contributed by atoms with Crippen molar-refractivity contribution >= 4 is 32.9 Å². The third kappa shape index (κ3) is 6.91. The molecule has 200 valence electrons. The number of benzene rings is 1. The van der Waals surface area contributed by atoms with Crippen LogP contribution in [0.3, 0.4) is 0 Å². The van der Waals surface area contributed by atoms with Crippen LogP contribution >= 0.6 is 0 Å². The van der Waals surface area contributed by atoms with Gasteiger partial charge in [-0.05, 0) is 57.1 Å². The Morgan fingerprint density at radius 2 is 1.69 bits per heavy atom. The third-order valence-corrected chi connectivity index (χ3v) is 7.46. The van der Waals surface area contributed by atoms with Gasteiger partial charge in [-0.1, -0.05) is 13.8 Å². The van der Waals surface area contributed by atoms with Crippen LogP contribution in [0.1, 0.15) is 47.5 Å². The lowest BCUT2D eigenvalue weighted by Gasteiger charge is -2.41. The first-order valence-electron chi connectivity index (χ1n) is 12.0. The molecular formula is C25H38N4O6S. The average Bonchev–Trinajstić information content (AvgIpc) is 2.80. The number of amides is 1. The Balaban J connectivity index is 1.64. The summed E-state index contributed by atoms with van der Waals surface area (Å²) >= 11 is 0. The van der Waals surface area contributed by atoms with Crippen LogP contribution in [0.15, 0.2) is 24.4 Å². The molecule has 1 fully saturated rings. The van der Waals surface area contributed by atoms with E-state index in [2.05, 4.69) is 14.6 Å². The van der Waals surface area contributed by atoms with Gasteiger partial charge in [0.15, 0.2) is 11.5 Å². The van der Waals surface area contributed by atoms with Gasteiger partial charge in [-0.3, -0.25) is 4.98 Å². The largest absolute Gasteiger partial charge is 0.493 e. The second kappa shape index (κ2) is 10.7. The number of hydrogen-bond acceptors (Lipinski definition) is 8. The summed E-state index contributed by atoms with van der Waals surface area (Å²) in [5, 5.41) is 0.994. The number of carbonyl (C=O) groups is 1. The molecule has 2 aromatic rings. The van der Waals surface area contributed by atoms with Gasteiger partial charge in [0, 0.05) is 43.0 Å². The lowest BCUT2D eigenvalue weighted by atomic mass is 9.73. The zero-order valence-corrected chi connectivity index (χ0v) is 23.0. The topological polar surface area (TPSA) is 119 Å². The Bertz CT molecular complexity index is 1180. The van der Waals surface area contributed by atoms with Crippen LogP contribution in [0.2, 0.25) is 0 Å². The van der Waals surface area contributed by atoms with E-state index in [1.54, 1.807) is 41.2 Å². The number of methoxy groups -OCH3 is 2. The highest BCUT2D eigenvalue weighted by atomic mass is 32.2. The van der Waals surface area contributed by atoms with Crippen LogP contribution in [-0.4, -0.2) is 58.9 Å². The van der Waals surface area contributed by atoms with Gasteiger partial charge in [-0.15, -0.1) is 0 Å². The van der Waals surface area contributed by atoms with E-state index in [0.717, 1.165) is 42.5 Å². The highest BCUT2D eigenvalue weighted by Crippen LogP contribution is 2.39. The smallest absolute Gasteiger partial charge is 0.422 e. The Morgan fingerprint density at radius 1 is 1.08 bits per heavy atom. The van der Waals surface area contributed by atoms with Crippen LogP contribution < -0.4 is 23.8 Å². The number of pyridine rings is 1. The second-order valence-corrected chi connectivity index (χ2v) is 12.2. The van der Waals surface area contributed by atoms with Crippen molar-refractivity contribution in [3.8, 4) is 11.5 Å². The molecular weight excluding hydrogens is 484 g/mol. The predicted molar refractivity (Wildman–Crippen MR) is 140 cm³/mol. The van der Waals surface area contributed by atoms with Crippen LogP contribution in [0.4, 0.5) is 10.5 Å². The van der Waals surface area contributed by atoms with Crippen molar-refractivity contribution in [1.82, 2.24) is 14.4 Å². The maximum absolute atomic E-state index is 12.4. The highest BCUT2D eigenvalue weighted by Gasteiger charge is 2.34. The van der Waals surface area contributed by atoms with Crippen LogP contribution in [0.25, 0.3) is 10.9 Å². The molecule has 10 nitrogen and oxygen atoms in total. The summed E-state index contributed by atoms with van der Waals surface area (Å²) in [6, 6.07) is 5.85. The van der Waals surface area contributed by atoms with Gasteiger partial charge in [-0.25, -0.2) is 9.52 Å². The van der Waals surface area contributed by atoms with Crippen molar-refractivity contribution in [3.05, 3.63) is 24.4 Å². The van der Waals surface area contributed by atoms with Crippen LogP contribution in [-0.2, 0) is 14.9 Å². The Labute approximate surface area is 213 Å². The molecule has 0 unspecified atom stereocenters.